The minimum Gasteiger partial charge on any atom is -0.464 e. The van der Waals surface area contributed by atoms with Crippen molar-refractivity contribution < 1.29 is 19.1 Å². The number of rotatable bonds is 4. The molecule has 8 nitrogen and oxygen atoms in total. The second-order valence-corrected chi connectivity index (χ2v) is 9.08. The van der Waals surface area contributed by atoms with Gasteiger partial charge in [0.25, 0.3) is 5.91 Å². The van der Waals surface area contributed by atoms with Gasteiger partial charge in [-0.05, 0) is 44.4 Å². The van der Waals surface area contributed by atoms with Crippen LogP contribution >= 0.6 is 11.6 Å². The highest BCUT2D eigenvalue weighted by atomic mass is 35.5. The van der Waals surface area contributed by atoms with Crippen LogP contribution in [0.15, 0.2) is 24.3 Å². The van der Waals surface area contributed by atoms with E-state index in [9.17, 15) is 14.4 Å². The van der Waals surface area contributed by atoms with Crippen LogP contribution in [0.1, 0.15) is 65.6 Å². The molecule has 9 heteroatoms. The van der Waals surface area contributed by atoms with Gasteiger partial charge >= 0.3 is 5.97 Å². The Morgan fingerprint density at radius 1 is 1.25 bits per heavy atom. The highest BCUT2D eigenvalue weighted by Crippen LogP contribution is 2.37. The van der Waals surface area contributed by atoms with E-state index in [0.29, 0.717) is 16.3 Å². The molecule has 1 fully saturated rings. The Morgan fingerprint density at radius 3 is 2.66 bits per heavy atom. The number of methoxy groups -OCH3 is 1. The molecule has 170 valence electrons. The van der Waals surface area contributed by atoms with E-state index in [1.807, 2.05) is 6.92 Å². The molecule has 2 heterocycles. The fourth-order valence-corrected chi connectivity index (χ4v) is 4.76. The quantitative estimate of drug-likeness (QED) is 0.708. The number of benzene rings is 1. The number of carbonyl (C=O) groups excluding carboxylic acids is 3. The molecule has 32 heavy (non-hydrogen) atoms. The van der Waals surface area contributed by atoms with E-state index in [1.54, 1.807) is 25.1 Å². The molecule has 1 atom stereocenters. The highest BCUT2D eigenvalue weighted by Gasteiger charge is 2.50. The minimum atomic E-state index is -1.27. The van der Waals surface area contributed by atoms with Crippen LogP contribution in [-0.4, -0.2) is 46.3 Å². The smallest absolute Gasteiger partial charge is 0.358 e. The molecular formula is C23H27ClN4O4. The van der Waals surface area contributed by atoms with Crippen LogP contribution < -0.4 is 10.2 Å². The molecule has 1 N–H and O–H groups in total. The highest BCUT2D eigenvalue weighted by molar-refractivity contribution is 6.32. The summed E-state index contributed by atoms with van der Waals surface area (Å²) in [6.07, 6.45) is 5.16. The van der Waals surface area contributed by atoms with Gasteiger partial charge in [-0.1, -0.05) is 36.9 Å². The number of hydrogen-bond acceptors (Lipinski definition) is 5. The number of amides is 2. The van der Waals surface area contributed by atoms with Crippen molar-refractivity contribution in [1.82, 2.24) is 15.1 Å². The van der Waals surface area contributed by atoms with Gasteiger partial charge in [-0.2, -0.15) is 5.10 Å². The van der Waals surface area contributed by atoms with Gasteiger partial charge < -0.3 is 10.1 Å². The van der Waals surface area contributed by atoms with Gasteiger partial charge in [-0.25, -0.2) is 4.79 Å². The number of nitrogens with zero attached hydrogens (tertiary/aromatic N) is 3. The van der Waals surface area contributed by atoms with Gasteiger partial charge in [-0.3, -0.25) is 19.2 Å². The third-order valence-corrected chi connectivity index (χ3v) is 6.87. The normalized spacial score (nSPS) is 21.2. The summed E-state index contributed by atoms with van der Waals surface area (Å²) >= 11 is 6.36. The molecule has 1 aromatic heterocycles. The number of hydrogen-bond donors (Lipinski definition) is 1. The maximum absolute atomic E-state index is 13.7. The fourth-order valence-electron chi connectivity index (χ4n) is 4.59. The molecule has 1 unspecified atom stereocenters. The van der Waals surface area contributed by atoms with Gasteiger partial charge in [0.2, 0.25) is 5.91 Å². The molecule has 1 aliphatic carbocycles. The summed E-state index contributed by atoms with van der Waals surface area (Å²) in [4.78, 5) is 40.9. The zero-order chi connectivity index (χ0) is 23.0. The first-order valence-corrected chi connectivity index (χ1v) is 11.2. The zero-order valence-electron chi connectivity index (χ0n) is 18.5. The van der Waals surface area contributed by atoms with Crippen molar-refractivity contribution >= 4 is 35.1 Å². The molecule has 0 spiro atoms. The predicted molar refractivity (Wildman–Crippen MR) is 120 cm³/mol. The average Bonchev–Trinajstić information content (AvgIpc) is 3.20. The van der Waals surface area contributed by atoms with Crippen molar-refractivity contribution in [3.8, 4) is 0 Å². The largest absolute Gasteiger partial charge is 0.464 e. The SMILES string of the molecule is COC(=O)c1cc2n(n1)CC(C)(C(=O)NC1CCCCC1)N(c1cccc(Cl)c1C)C2=O. The monoisotopic (exact) mass is 458 g/mol. The first-order chi connectivity index (χ1) is 15.3. The molecule has 2 amide bonds. The number of anilines is 1. The van der Waals surface area contributed by atoms with Crippen molar-refractivity contribution in [2.45, 2.75) is 64.1 Å². The van der Waals surface area contributed by atoms with Gasteiger partial charge in [-0.15, -0.1) is 0 Å². The lowest BCUT2D eigenvalue weighted by molar-refractivity contribution is -0.127. The zero-order valence-corrected chi connectivity index (χ0v) is 19.2. The summed E-state index contributed by atoms with van der Waals surface area (Å²) in [5.41, 5.74) is 0.218. The third-order valence-electron chi connectivity index (χ3n) is 6.46. The summed E-state index contributed by atoms with van der Waals surface area (Å²) < 4.78 is 6.18. The molecule has 0 bridgehead atoms. The van der Waals surface area contributed by atoms with Crippen LogP contribution in [0, 0.1) is 6.92 Å². The molecule has 0 saturated heterocycles. The number of aromatic nitrogens is 2. The standard InChI is InChI=1S/C23H27ClN4O4/c1-14-16(24)10-7-11-18(14)28-20(29)19-12-17(21(30)32-3)26-27(19)13-23(28,2)22(31)25-15-8-5-4-6-9-15/h7,10-12,15H,4-6,8-9,13H2,1-3H3,(H,25,31). The topological polar surface area (TPSA) is 93.5 Å². The lowest BCUT2D eigenvalue weighted by atomic mass is 9.90. The van der Waals surface area contributed by atoms with Crippen molar-refractivity contribution in [2.75, 3.05) is 12.0 Å². The van der Waals surface area contributed by atoms with Crippen molar-refractivity contribution in [3.63, 3.8) is 0 Å². The van der Waals surface area contributed by atoms with E-state index in [-0.39, 0.29) is 29.9 Å². The van der Waals surface area contributed by atoms with Gasteiger partial charge in [0.05, 0.1) is 13.7 Å². The summed E-state index contributed by atoms with van der Waals surface area (Å²) in [6.45, 7) is 3.64. The molecule has 0 radical (unpaired) electrons. The Bertz CT molecular complexity index is 1080. The molecule has 1 aromatic carbocycles. The number of nitrogens with one attached hydrogen (secondary N) is 1. The third kappa shape index (κ3) is 3.77. The van der Waals surface area contributed by atoms with Crippen LogP contribution in [-0.2, 0) is 16.1 Å². The average molecular weight is 459 g/mol. The number of halogens is 1. The lowest BCUT2D eigenvalue weighted by Gasteiger charge is -2.44. The molecule has 1 aliphatic heterocycles. The van der Waals surface area contributed by atoms with Gasteiger partial charge in [0.15, 0.2) is 5.69 Å². The lowest BCUT2D eigenvalue weighted by Crippen LogP contribution is -2.65. The minimum absolute atomic E-state index is 0.0237. The van der Waals surface area contributed by atoms with Crippen LogP contribution in [0.2, 0.25) is 5.02 Å². The van der Waals surface area contributed by atoms with E-state index in [1.165, 1.54) is 29.2 Å². The number of esters is 1. The Balaban J connectivity index is 1.80. The molecule has 2 aromatic rings. The fraction of sp³-hybridized carbons (Fsp3) is 0.478. The maximum atomic E-state index is 13.7. The summed E-state index contributed by atoms with van der Waals surface area (Å²) in [7, 11) is 1.26. The molecule has 2 aliphatic rings. The summed E-state index contributed by atoms with van der Waals surface area (Å²) in [6, 6.07) is 6.75. The van der Waals surface area contributed by atoms with Crippen molar-refractivity contribution in [3.05, 3.63) is 46.2 Å². The van der Waals surface area contributed by atoms with E-state index < -0.39 is 17.4 Å². The van der Waals surface area contributed by atoms with E-state index in [0.717, 1.165) is 25.7 Å². The first kappa shape index (κ1) is 22.3. The Morgan fingerprint density at radius 2 is 1.97 bits per heavy atom. The summed E-state index contributed by atoms with van der Waals surface area (Å²) in [5, 5.41) is 7.91. The van der Waals surface area contributed by atoms with Gasteiger partial charge in [0.1, 0.15) is 11.2 Å². The van der Waals surface area contributed by atoms with Crippen LogP contribution in [0.4, 0.5) is 5.69 Å². The number of fused-ring (bicyclic) bond motifs is 1. The predicted octanol–water partition coefficient (Wildman–Crippen LogP) is 3.50. The Kier molecular flexibility index (Phi) is 5.99. The van der Waals surface area contributed by atoms with Crippen LogP contribution in [0.25, 0.3) is 0 Å². The molecular weight excluding hydrogens is 432 g/mol. The van der Waals surface area contributed by atoms with Crippen molar-refractivity contribution in [2.24, 2.45) is 0 Å². The Hall–Kier alpha value is -2.87. The number of carbonyl (C=O) groups is 3. The molecule has 1 saturated carbocycles. The van der Waals surface area contributed by atoms with E-state index >= 15 is 0 Å². The summed E-state index contributed by atoms with van der Waals surface area (Å²) in [5.74, 6) is -1.32. The number of ether oxygens (including phenoxy) is 1. The second kappa shape index (κ2) is 8.58. The maximum Gasteiger partial charge on any atom is 0.358 e. The van der Waals surface area contributed by atoms with Crippen molar-refractivity contribution in [1.29, 1.82) is 0 Å². The van der Waals surface area contributed by atoms with Crippen LogP contribution in [0.5, 0.6) is 0 Å². The Labute approximate surface area is 191 Å². The van der Waals surface area contributed by atoms with E-state index in [4.69, 9.17) is 16.3 Å². The van der Waals surface area contributed by atoms with E-state index in [2.05, 4.69) is 10.4 Å². The van der Waals surface area contributed by atoms with Crippen LogP contribution in [0.3, 0.4) is 0 Å². The first-order valence-electron chi connectivity index (χ1n) is 10.8. The second-order valence-electron chi connectivity index (χ2n) is 8.67. The van der Waals surface area contributed by atoms with Gasteiger partial charge in [0, 0.05) is 22.8 Å². The molecule has 4 rings (SSSR count).